The lowest BCUT2D eigenvalue weighted by molar-refractivity contribution is -0.137. The molecule has 0 saturated heterocycles. The first-order valence-corrected chi connectivity index (χ1v) is 10.2. The summed E-state index contributed by atoms with van der Waals surface area (Å²) in [7, 11) is 0. The third-order valence-electron chi connectivity index (χ3n) is 4.90. The number of amides is 2. The Hall–Kier alpha value is -2.38. The molecule has 0 spiro atoms. The van der Waals surface area contributed by atoms with Gasteiger partial charge in [-0.15, -0.1) is 0 Å². The molecule has 0 aliphatic heterocycles. The van der Waals surface area contributed by atoms with E-state index in [0.717, 1.165) is 56.4 Å². The van der Waals surface area contributed by atoms with Gasteiger partial charge in [-0.1, -0.05) is 51.0 Å². The molecule has 29 heavy (non-hydrogen) atoms. The lowest BCUT2D eigenvalue weighted by Gasteiger charge is -2.10. The number of alkyl halides is 3. The number of nitrogens with one attached hydrogen (secondary N) is 2. The van der Waals surface area contributed by atoms with Crippen molar-refractivity contribution < 1.29 is 22.8 Å². The quantitative estimate of drug-likeness (QED) is 0.504. The third kappa shape index (κ3) is 8.66. The Bertz CT molecular complexity index is 703. The summed E-state index contributed by atoms with van der Waals surface area (Å²) >= 11 is 0. The zero-order chi connectivity index (χ0) is 21.1. The number of carbonyl (C=O) groups is 2. The maximum absolute atomic E-state index is 12.7. The van der Waals surface area contributed by atoms with E-state index in [1.807, 2.05) is 0 Å². The van der Waals surface area contributed by atoms with Gasteiger partial charge in [0.05, 0.1) is 5.56 Å². The molecule has 1 aromatic rings. The molecular formula is C21H28F3N3O2. The monoisotopic (exact) mass is 411 g/mol. The smallest absolute Gasteiger partial charge is 0.318 e. The highest BCUT2D eigenvalue weighted by atomic mass is 19.4. The van der Waals surface area contributed by atoms with Crippen molar-refractivity contribution in [2.75, 3.05) is 5.32 Å². The van der Waals surface area contributed by atoms with E-state index in [0.29, 0.717) is 0 Å². The second-order valence-electron chi connectivity index (χ2n) is 7.33. The number of halogens is 3. The van der Waals surface area contributed by atoms with Gasteiger partial charge in [-0.05, 0) is 43.9 Å². The first kappa shape index (κ1) is 22.9. The highest BCUT2D eigenvalue weighted by molar-refractivity contribution is 6.39. The molecule has 1 aromatic carbocycles. The van der Waals surface area contributed by atoms with Crippen LogP contribution in [0.5, 0.6) is 0 Å². The fourth-order valence-electron chi connectivity index (χ4n) is 3.27. The Labute approximate surface area is 169 Å². The summed E-state index contributed by atoms with van der Waals surface area (Å²) in [5.41, 5.74) is 2.10. The zero-order valence-corrected chi connectivity index (χ0v) is 16.5. The summed E-state index contributed by atoms with van der Waals surface area (Å²) in [6.45, 7) is 0. The number of hydrogen-bond acceptors (Lipinski definition) is 3. The number of carbonyl (C=O) groups excluding carboxylic acids is 2. The molecular weight excluding hydrogens is 383 g/mol. The van der Waals surface area contributed by atoms with E-state index < -0.39 is 23.6 Å². The van der Waals surface area contributed by atoms with Gasteiger partial charge < -0.3 is 5.32 Å². The molecule has 1 aliphatic rings. The molecule has 0 bridgehead atoms. The molecule has 1 aliphatic carbocycles. The number of rotatable bonds is 2. The minimum Gasteiger partial charge on any atom is -0.318 e. The third-order valence-corrected chi connectivity index (χ3v) is 4.90. The van der Waals surface area contributed by atoms with Crippen LogP contribution in [0.3, 0.4) is 0 Å². The Kier molecular flexibility index (Phi) is 9.15. The standard InChI is InChI=1S/C21H28F3N3O2/c22-21(23,24)16-11-10-14-18(15-16)25-19(28)20(29)27-26-17-12-8-6-4-2-1-3-5-7-9-13-17/h10-11,14-15H,1-9,12-13H2,(H,25,28)(H,27,29). The lowest BCUT2D eigenvalue weighted by Crippen LogP contribution is -2.33. The summed E-state index contributed by atoms with van der Waals surface area (Å²) in [5, 5.41) is 6.28. The van der Waals surface area contributed by atoms with Gasteiger partial charge in [0.15, 0.2) is 0 Å². The van der Waals surface area contributed by atoms with E-state index in [4.69, 9.17) is 0 Å². The number of hydrogen-bond donors (Lipinski definition) is 2. The summed E-state index contributed by atoms with van der Waals surface area (Å²) in [6, 6.07) is 4.13. The number of hydrazone groups is 1. The van der Waals surface area contributed by atoms with Crippen molar-refractivity contribution in [2.45, 2.75) is 76.8 Å². The van der Waals surface area contributed by atoms with E-state index in [9.17, 15) is 22.8 Å². The Morgan fingerprint density at radius 3 is 1.93 bits per heavy atom. The highest BCUT2D eigenvalue weighted by Crippen LogP contribution is 2.30. The normalized spacial score (nSPS) is 16.9. The summed E-state index contributed by atoms with van der Waals surface area (Å²) in [5.74, 6) is -2.05. The molecule has 0 aromatic heterocycles. The van der Waals surface area contributed by atoms with E-state index in [1.54, 1.807) is 0 Å². The molecule has 0 heterocycles. The van der Waals surface area contributed by atoms with Gasteiger partial charge in [0, 0.05) is 11.4 Å². The first-order valence-electron chi connectivity index (χ1n) is 10.2. The van der Waals surface area contributed by atoms with Gasteiger partial charge in [0.25, 0.3) is 0 Å². The molecule has 160 valence electrons. The van der Waals surface area contributed by atoms with Crippen LogP contribution in [0.2, 0.25) is 0 Å². The fourth-order valence-corrected chi connectivity index (χ4v) is 3.27. The van der Waals surface area contributed by atoms with Gasteiger partial charge in [0.2, 0.25) is 0 Å². The van der Waals surface area contributed by atoms with Crippen molar-refractivity contribution >= 4 is 23.2 Å². The molecule has 2 rings (SSSR count). The van der Waals surface area contributed by atoms with Crippen molar-refractivity contribution in [1.82, 2.24) is 5.43 Å². The van der Waals surface area contributed by atoms with Gasteiger partial charge in [-0.25, -0.2) is 5.43 Å². The van der Waals surface area contributed by atoms with Gasteiger partial charge in [-0.2, -0.15) is 18.3 Å². The van der Waals surface area contributed by atoms with Crippen molar-refractivity contribution in [3.8, 4) is 0 Å². The SMILES string of the molecule is O=C(NN=C1CCCCCCCCCCC1)C(=O)Nc1cccc(C(F)(F)F)c1. The Balaban J connectivity index is 1.90. The lowest BCUT2D eigenvalue weighted by atomic mass is 10.00. The van der Waals surface area contributed by atoms with Gasteiger partial charge >= 0.3 is 18.0 Å². The van der Waals surface area contributed by atoms with Crippen molar-refractivity contribution in [2.24, 2.45) is 5.10 Å². The van der Waals surface area contributed by atoms with Crippen LogP contribution in [0.25, 0.3) is 0 Å². The number of benzene rings is 1. The number of anilines is 1. The molecule has 1 fully saturated rings. The van der Waals surface area contributed by atoms with Crippen LogP contribution in [0.15, 0.2) is 29.4 Å². The van der Waals surface area contributed by atoms with E-state index in [2.05, 4.69) is 15.8 Å². The van der Waals surface area contributed by atoms with Crippen molar-refractivity contribution in [3.63, 3.8) is 0 Å². The van der Waals surface area contributed by atoms with Crippen LogP contribution in [0.4, 0.5) is 18.9 Å². The second-order valence-corrected chi connectivity index (χ2v) is 7.33. The Morgan fingerprint density at radius 1 is 0.828 bits per heavy atom. The predicted octanol–water partition coefficient (Wildman–Crippen LogP) is 5.42. The summed E-state index contributed by atoms with van der Waals surface area (Å²) in [4.78, 5) is 24.0. The summed E-state index contributed by atoms with van der Waals surface area (Å²) < 4.78 is 38.2. The van der Waals surface area contributed by atoms with Gasteiger partial charge in [0.1, 0.15) is 0 Å². The van der Waals surface area contributed by atoms with Crippen molar-refractivity contribution in [1.29, 1.82) is 0 Å². The van der Waals surface area contributed by atoms with Crippen LogP contribution in [0.1, 0.15) is 76.2 Å². The van der Waals surface area contributed by atoms with Crippen LogP contribution in [-0.4, -0.2) is 17.5 Å². The largest absolute Gasteiger partial charge is 0.416 e. The molecule has 2 amide bonds. The van der Waals surface area contributed by atoms with Crippen LogP contribution < -0.4 is 10.7 Å². The van der Waals surface area contributed by atoms with Gasteiger partial charge in [-0.3, -0.25) is 9.59 Å². The molecule has 2 N–H and O–H groups in total. The number of nitrogens with zero attached hydrogens (tertiary/aromatic N) is 1. The minimum atomic E-state index is -4.53. The minimum absolute atomic E-state index is 0.0985. The van der Waals surface area contributed by atoms with E-state index >= 15 is 0 Å². The topological polar surface area (TPSA) is 70.6 Å². The average Bonchev–Trinajstić information content (AvgIpc) is 2.67. The summed E-state index contributed by atoms with van der Waals surface area (Å²) in [6.07, 6.45) is 7.41. The molecule has 1 saturated carbocycles. The molecule has 0 radical (unpaired) electrons. The molecule has 8 heteroatoms. The van der Waals surface area contributed by atoms with Crippen molar-refractivity contribution in [3.05, 3.63) is 29.8 Å². The van der Waals surface area contributed by atoms with Crippen LogP contribution in [-0.2, 0) is 15.8 Å². The fraction of sp³-hybridized carbons (Fsp3) is 0.571. The van der Waals surface area contributed by atoms with Crippen LogP contribution >= 0.6 is 0 Å². The highest BCUT2D eigenvalue weighted by Gasteiger charge is 2.30. The Morgan fingerprint density at radius 2 is 1.38 bits per heavy atom. The molecule has 0 unspecified atom stereocenters. The molecule has 5 nitrogen and oxygen atoms in total. The first-order chi connectivity index (χ1) is 13.9. The molecule has 0 atom stereocenters. The van der Waals surface area contributed by atoms with E-state index in [-0.39, 0.29) is 5.69 Å². The second kappa shape index (κ2) is 11.6. The predicted molar refractivity (Wildman–Crippen MR) is 106 cm³/mol. The average molecular weight is 411 g/mol. The maximum Gasteiger partial charge on any atom is 0.416 e. The zero-order valence-electron chi connectivity index (χ0n) is 16.5. The van der Waals surface area contributed by atoms with E-state index in [1.165, 1.54) is 44.2 Å². The maximum atomic E-state index is 12.7. The van der Waals surface area contributed by atoms with Crippen LogP contribution in [0, 0.1) is 0 Å².